The van der Waals surface area contributed by atoms with Crippen molar-refractivity contribution in [3.63, 3.8) is 0 Å². The van der Waals surface area contributed by atoms with Gasteiger partial charge in [-0.3, -0.25) is 0 Å². The fraction of sp³-hybridized carbons (Fsp3) is 0.700. The number of aliphatic hydroxyl groups excluding tert-OH is 1. The van der Waals surface area contributed by atoms with Crippen LogP contribution < -0.4 is 10.6 Å². The van der Waals surface area contributed by atoms with Gasteiger partial charge in [0.25, 0.3) is 0 Å². The number of anilines is 2. The van der Waals surface area contributed by atoms with Gasteiger partial charge in [0.1, 0.15) is 5.60 Å². The molecule has 2 aromatic heterocycles. The van der Waals surface area contributed by atoms with E-state index in [1.165, 1.54) is 0 Å². The van der Waals surface area contributed by atoms with Crippen LogP contribution in [0, 0.1) is 5.92 Å². The number of aromatic nitrogens is 4. The second-order valence-corrected chi connectivity index (χ2v) is 9.25. The average molecular weight is 418 g/mol. The number of rotatable bonds is 6. The largest absolute Gasteiger partial charge is 0.444 e. The van der Waals surface area contributed by atoms with Crippen molar-refractivity contribution in [3.05, 3.63) is 6.33 Å². The number of amides is 1. The maximum Gasteiger partial charge on any atom is 0.410 e. The number of aryl methyl sites for hydroxylation is 1. The topological polar surface area (TPSA) is 117 Å². The first-order chi connectivity index (χ1) is 14.2. The van der Waals surface area contributed by atoms with Crippen LogP contribution in [0.3, 0.4) is 0 Å². The van der Waals surface area contributed by atoms with E-state index in [-0.39, 0.29) is 24.8 Å². The number of fused-ring (bicyclic) bond motifs is 1. The molecule has 164 valence electrons. The Morgan fingerprint density at radius 1 is 1.33 bits per heavy atom. The van der Waals surface area contributed by atoms with Gasteiger partial charge in [0, 0.05) is 26.2 Å². The van der Waals surface area contributed by atoms with E-state index in [4.69, 9.17) is 4.74 Å². The molecule has 10 nitrogen and oxygen atoms in total. The third kappa shape index (κ3) is 4.58. The van der Waals surface area contributed by atoms with Crippen molar-refractivity contribution in [1.82, 2.24) is 24.4 Å². The van der Waals surface area contributed by atoms with E-state index in [9.17, 15) is 9.90 Å². The predicted octanol–water partition coefficient (Wildman–Crippen LogP) is 1.97. The molecule has 4 rings (SSSR count). The molecule has 30 heavy (non-hydrogen) atoms. The van der Waals surface area contributed by atoms with E-state index in [1.807, 2.05) is 32.4 Å². The predicted molar refractivity (Wildman–Crippen MR) is 113 cm³/mol. The van der Waals surface area contributed by atoms with Crippen LogP contribution in [0.25, 0.3) is 11.2 Å². The molecular weight excluding hydrogens is 386 g/mol. The average Bonchev–Trinajstić information content (AvgIpc) is 3.29. The van der Waals surface area contributed by atoms with Gasteiger partial charge >= 0.3 is 6.09 Å². The maximum atomic E-state index is 12.4. The van der Waals surface area contributed by atoms with Crippen LogP contribution in [-0.4, -0.2) is 73.0 Å². The Balaban J connectivity index is 1.50. The SMILES string of the molecule is Cn1cnc2c(N[C@H]3CCN(C(=O)OC(C)(C)C)C3)nc(N[C@@H](CO)C3CC3)nc21. The van der Waals surface area contributed by atoms with Crippen molar-refractivity contribution in [1.29, 1.82) is 0 Å². The summed E-state index contributed by atoms with van der Waals surface area (Å²) < 4.78 is 7.33. The van der Waals surface area contributed by atoms with E-state index in [0.717, 1.165) is 19.3 Å². The van der Waals surface area contributed by atoms with Crippen LogP contribution in [0.2, 0.25) is 0 Å². The van der Waals surface area contributed by atoms with Crippen molar-refractivity contribution in [3.8, 4) is 0 Å². The van der Waals surface area contributed by atoms with E-state index in [0.29, 0.717) is 41.9 Å². The Labute approximate surface area is 176 Å². The van der Waals surface area contributed by atoms with Crippen molar-refractivity contribution in [2.75, 3.05) is 30.3 Å². The lowest BCUT2D eigenvalue weighted by molar-refractivity contribution is 0.0293. The molecule has 2 atom stereocenters. The van der Waals surface area contributed by atoms with Gasteiger partial charge in [-0.2, -0.15) is 9.97 Å². The summed E-state index contributed by atoms with van der Waals surface area (Å²) in [7, 11) is 1.89. The molecule has 0 bridgehead atoms. The second kappa shape index (κ2) is 7.90. The summed E-state index contributed by atoms with van der Waals surface area (Å²) in [5.41, 5.74) is 0.885. The quantitative estimate of drug-likeness (QED) is 0.653. The minimum Gasteiger partial charge on any atom is -0.444 e. The zero-order valence-electron chi connectivity index (χ0n) is 18.1. The maximum absolute atomic E-state index is 12.4. The zero-order chi connectivity index (χ0) is 21.5. The van der Waals surface area contributed by atoms with Gasteiger partial charge in [-0.1, -0.05) is 0 Å². The van der Waals surface area contributed by atoms with Crippen LogP contribution >= 0.6 is 0 Å². The van der Waals surface area contributed by atoms with Crippen LogP contribution in [0.1, 0.15) is 40.0 Å². The number of hydrogen-bond donors (Lipinski definition) is 3. The van der Waals surface area contributed by atoms with E-state index in [2.05, 4.69) is 25.6 Å². The van der Waals surface area contributed by atoms with Gasteiger partial charge in [-0.05, 0) is 46.0 Å². The minimum atomic E-state index is -0.513. The van der Waals surface area contributed by atoms with Gasteiger partial charge < -0.3 is 29.9 Å². The number of likely N-dealkylation sites (tertiary alicyclic amines) is 1. The smallest absolute Gasteiger partial charge is 0.410 e. The Morgan fingerprint density at radius 3 is 2.77 bits per heavy atom. The van der Waals surface area contributed by atoms with Crippen LogP contribution in [-0.2, 0) is 11.8 Å². The summed E-state index contributed by atoms with van der Waals surface area (Å²) in [6.45, 7) is 6.81. The highest BCUT2D eigenvalue weighted by Gasteiger charge is 2.32. The van der Waals surface area contributed by atoms with E-state index >= 15 is 0 Å². The van der Waals surface area contributed by atoms with Crippen molar-refractivity contribution >= 4 is 29.0 Å². The minimum absolute atomic E-state index is 0.0438. The van der Waals surface area contributed by atoms with Crippen molar-refractivity contribution in [2.45, 2.75) is 57.7 Å². The normalized spacial score (nSPS) is 20.4. The number of hydrogen-bond acceptors (Lipinski definition) is 8. The summed E-state index contributed by atoms with van der Waals surface area (Å²) in [6, 6.07) is 0.000198. The molecule has 1 aliphatic carbocycles. The van der Waals surface area contributed by atoms with Crippen LogP contribution in [0.5, 0.6) is 0 Å². The molecule has 1 aliphatic heterocycles. The fourth-order valence-corrected chi connectivity index (χ4v) is 3.71. The highest BCUT2D eigenvalue weighted by atomic mass is 16.6. The molecule has 0 unspecified atom stereocenters. The lowest BCUT2D eigenvalue weighted by Crippen LogP contribution is -2.36. The molecule has 3 N–H and O–H groups in total. The van der Waals surface area contributed by atoms with Gasteiger partial charge in [-0.25, -0.2) is 9.78 Å². The summed E-state index contributed by atoms with van der Waals surface area (Å²) in [5.74, 6) is 1.57. The first-order valence-electron chi connectivity index (χ1n) is 10.5. The van der Waals surface area contributed by atoms with Crippen LogP contribution in [0.4, 0.5) is 16.6 Å². The Morgan fingerprint density at radius 2 is 2.10 bits per heavy atom. The van der Waals surface area contributed by atoms with Gasteiger partial charge in [0.15, 0.2) is 17.0 Å². The number of nitrogens with zero attached hydrogens (tertiary/aromatic N) is 5. The third-order valence-corrected chi connectivity index (χ3v) is 5.44. The molecule has 2 aliphatic rings. The molecule has 0 radical (unpaired) electrons. The Bertz CT molecular complexity index is 919. The summed E-state index contributed by atoms with van der Waals surface area (Å²) in [4.78, 5) is 27.8. The molecule has 2 fully saturated rings. The molecule has 0 aromatic carbocycles. The summed E-state index contributed by atoms with van der Waals surface area (Å²) in [5, 5.41) is 16.4. The number of imidazole rings is 1. The van der Waals surface area contributed by atoms with E-state index in [1.54, 1.807) is 11.2 Å². The number of carbonyl (C=O) groups is 1. The Kier molecular flexibility index (Phi) is 5.44. The highest BCUT2D eigenvalue weighted by molar-refractivity contribution is 5.84. The Hall–Kier alpha value is -2.62. The highest BCUT2D eigenvalue weighted by Crippen LogP contribution is 2.34. The molecule has 2 aromatic rings. The fourth-order valence-electron chi connectivity index (χ4n) is 3.71. The first-order valence-corrected chi connectivity index (χ1v) is 10.5. The van der Waals surface area contributed by atoms with Crippen molar-refractivity contribution < 1.29 is 14.6 Å². The monoisotopic (exact) mass is 417 g/mol. The third-order valence-electron chi connectivity index (χ3n) is 5.44. The molecule has 10 heteroatoms. The number of aliphatic hydroxyl groups is 1. The molecule has 1 saturated carbocycles. The lowest BCUT2D eigenvalue weighted by atomic mass is 10.2. The molecule has 1 saturated heterocycles. The number of nitrogens with one attached hydrogen (secondary N) is 2. The van der Waals surface area contributed by atoms with E-state index < -0.39 is 5.60 Å². The summed E-state index contributed by atoms with van der Waals surface area (Å²) >= 11 is 0. The molecule has 1 amide bonds. The number of carbonyl (C=O) groups excluding carboxylic acids is 1. The summed E-state index contributed by atoms with van der Waals surface area (Å²) in [6.07, 6.45) is 4.43. The van der Waals surface area contributed by atoms with Gasteiger partial charge in [0.2, 0.25) is 5.95 Å². The standard InChI is InChI=1S/C20H31N7O3/c1-20(2,3)30-19(29)27-8-7-13(9-27)22-16-15-17(26(4)11-21-15)25-18(24-16)23-14(10-28)12-5-6-12/h11-14,28H,5-10H2,1-4H3,(H2,22,23,24,25)/t13-,14-/m0/s1. The van der Waals surface area contributed by atoms with Crippen LogP contribution in [0.15, 0.2) is 6.33 Å². The molecular formula is C20H31N7O3. The van der Waals surface area contributed by atoms with Gasteiger partial charge in [0.05, 0.1) is 19.0 Å². The second-order valence-electron chi connectivity index (χ2n) is 9.25. The molecule has 3 heterocycles. The van der Waals surface area contributed by atoms with Gasteiger partial charge in [-0.15, -0.1) is 0 Å². The number of ether oxygens (including phenoxy) is 1. The first kappa shape index (κ1) is 20.6. The van der Waals surface area contributed by atoms with Crippen molar-refractivity contribution in [2.24, 2.45) is 13.0 Å². The zero-order valence-corrected chi connectivity index (χ0v) is 18.1. The lowest BCUT2D eigenvalue weighted by Gasteiger charge is -2.24. The molecule has 0 spiro atoms.